The lowest BCUT2D eigenvalue weighted by atomic mass is 10.2. The van der Waals surface area contributed by atoms with Gasteiger partial charge in [-0.3, -0.25) is 4.79 Å². The number of rotatable bonds is 2. The molecule has 4 nitrogen and oxygen atoms in total. The summed E-state index contributed by atoms with van der Waals surface area (Å²) in [5.41, 5.74) is 1.99. The molecule has 0 aliphatic carbocycles. The minimum absolute atomic E-state index is 0.153. The first kappa shape index (κ1) is 13.7. The Morgan fingerprint density at radius 1 is 1.14 bits per heavy atom. The molecule has 1 aliphatic heterocycles. The Kier molecular flexibility index (Phi) is 3.66. The molecule has 1 aliphatic rings. The molecule has 5 heteroatoms. The predicted molar refractivity (Wildman–Crippen MR) is 85.4 cm³/mol. The van der Waals surface area contributed by atoms with Gasteiger partial charge in [-0.15, -0.1) is 0 Å². The fraction of sp³-hybridized carbons (Fsp3) is 0.125. The van der Waals surface area contributed by atoms with Crippen LogP contribution in [0.25, 0.3) is 6.08 Å². The summed E-state index contributed by atoms with van der Waals surface area (Å²) >= 11 is 1.31. The van der Waals surface area contributed by atoms with Gasteiger partial charge in [0.15, 0.2) is 5.17 Å². The van der Waals surface area contributed by atoms with Gasteiger partial charge in [0.1, 0.15) is 11.5 Å². The predicted octanol–water partition coefficient (Wildman–Crippen LogP) is 3.79. The van der Waals surface area contributed by atoms with Crippen LogP contribution in [0.3, 0.4) is 0 Å². The summed E-state index contributed by atoms with van der Waals surface area (Å²) in [5, 5.41) is 3.34. The largest absolute Gasteiger partial charge is 0.462 e. The third-order valence-electron chi connectivity index (χ3n) is 2.95. The van der Waals surface area contributed by atoms with Crippen molar-refractivity contribution in [3.63, 3.8) is 0 Å². The average molecular weight is 298 g/mol. The summed E-state index contributed by atoms with van der Waals surface area (Å²) in [6, 6.07) is 11.5. The normalized spacial score (nSPS) is 18.5. The number of hydrogen-bond acceptors (Lipinski definition) is 4. The number of benzene rings is 1. The third kappa shape index (κ3) is 3.25. The van der Waals surface area contributed by atoms with Crippen molar-refractivity contribution in [2.75, 3.05) is 0 Å². The number of aryl methyl sites for hydroxylation is 2. The van der Waals surface area contributed by atoms with E-state index in [0.29, 0.717) is 15.8 Å². The lowest BCUT2D eigenvalue weighted by Crippen LogP contribution is -2.19. The minimum atomic E-state index is -0.153. The van der Waals surface area contributed by atoms with Gasteiger partial charge in [-0.05, 0) is 49.9 Å². The van der Waals surface area contributed by atoms with Crippen LogP contribution >= 0.6 is 11.8 Å². The molecular weight excluding hydrogens is 284 g/mol. The number of amidine groups is 1. The number of carbonyl (C=O) groups excluding carboxylic acids is 1. The summed E-state index contributed by atoms with van der Waals surface area (Å²) in [5.74, 6) is 1.33. The van der Waals surface area contributed by atoms with Crippen molar-refractivity contribution in [3.05, 3.63) is 58.4 Å². The summed E-state index contributed by atoms with van der Waals surface area (Å²) in [4.78, 5) is 16.9. The number of carbonyl (C=O) groups is 1. The topological polar surface area (TPSA) is 54.6 Å². The molecule has 1 fully saturated rings. The van der Waals surface area contributed by atoms with Crippen molar-refractivity contribution < 1.29 is 9.21 Å². The quantitative estimate of drug-likeness (QED) is 0.858. The fourth-order valence-electron chi connectivity index (χ4n) is 1.88. The molecule has 0 spiro atoms. The number of amides is 1. The number of thioether (sulfide) groups is 1. The Labute approximate surface area is 127 Å². The Hall–Kier alpha value is -2.27. The molecule has 0 radical (unpaired) electrons. The van der Waals surface area contributed by atoms with Gasteiger partial charge in [0.25, 0.3) is 5.91 Å². The maximum absolute atomic E-state index is 11.9. The minimum Gasteiger partial charge on any atom is -0.462 e. The monoisotopic (exact) mass is 298 g/mol. The smallest absolute Gasteiger partial charge is 0.264 e. The Bertz CT molecular complexity index is 742. The number of aliphatic imine (C=N–C) groups is 1. The van der Waals surface area contributed by atoms with E-state index in [-0.39, 0.29) is 5.91 Å². The van der Waals surface area contributed by atoms with Crippen molar-refractivity contribution in [1.82, 2.24) is 5.32 Å². The second kappa shape index (κ2) is 5.61. The molecule has 1 aromatic carbocycles. The molecule has 3 rings (SSSR count). The van der Waals surface area contributed by atoms with Gasteiger partial charge in [-0.25, -0.2) is 4.99 Å². The van der Waals surface area contributed by atoms with E-state index in [4.69, 9.17) is 4.42 Å². The van der Waals surface area contributed by atoms with E-state index in [2.05, 4.69) is 10.3 Å². The summed E-state index contributed by atoms with van der Waals surface area (Å²) in [6.45, 7) is 3.89. The van der Waals surface area contributed by atoms with Crippen molar-refractivity contribution in [2.45, 2.75) is 13.8 Å². The molecule has 1 N–H and O–H groups in total. The van der Waals surface area contributed by atoms with Crippen LogP contribution in [0.5, 0.6) is 0 Å². The molecule has 0 unspecified atom stereocenters. The number of furan rings is 1. The van der Waals surface area contributed by atoms with Crippen LogP contribution in [-0.2, 0) is 4.79 Å². The van der Waals surface area contributed by atoms with E-state index in [1.54, 1.807) is 6.08 Å². The molecule has 1 saturated heterocycles. The van der Waals surface area contributed by atoms with E-state index >= 15 is 0 Å². The zero-order valence-corrected chi connectivity index (χ0v) is 12.5. The molecule has 2 heterocycles. The third-order valence-corrected chi connectivity index (χ3v) is 3.86. The van der Waals surface area contributed by atoms with Crippen LogP contribution in [-0.4, -0.2) is 11.1 Å². The van der Waals surface area contributed by atoms with Gasteiger partial charge in [-0.1, -0.05) is 17.7 Å². The zero-order chi connectivity index (χ0) is 14.8. The number of nitrogens with zero attached hydrogens (tertiary/aromatic N) is 1. The van der Waals surface area contributed by atoms with Crippen LogP contribution in [0, 0.1) is 13.8 Å². The molecule has 21 heavy (non-hydrogen) atoms. The van der Waals surface area contributed by atoms with Crippen LogP contribution in [0.4, 0.5) is 5.69 Å². The van der Waals surface area contributed by atoms with Gasteiger partial charge in [-0.2, -0.15) is 0 Å². The Balaban J connectivity index is 1.81. The fourth-order valence-corrected chi connectivity index (χ4v) is 2.70. The second-order valence-corrected chi connectivity index (χ2v) is 5.80. The van der Waals surface area contributed by atoms with Crippen molar-refractivity contribution in [3.8, 4) is 0 Å². The molecular formula is C16H14N2O2S. The van der Waals surface area contributed by atoms with Crippen molar-refractivity contribution in [1.29, 1.82) is 0 Å². The highest BCUT2D eigenvalue weighted by molar-refractivity contribution is 8.18. The van der Waals surface area contributed by atoms with Gasteiger partial charge >= 0.3 is 0 Å². The summed E-state index contributed by atoms with van der Waals surface area (Å²) in [6.07, 6.45) is 1.73. The first-order chi connectivity index (χ1) is 10.1. The van der Waals surface area contributed by atoms with Crippen LogP contribution in [0.2, 0.25) is 0 Å². The zero-order valence-electron chi connectivity index (χ0n) is 11.7. The lowest BCUT2D eigenvalue weighted by Gasteiger charge is -1.96. The first-order valence-electron chi connectivity index (χ1n) is 6.53. The van der Waals surface area contributed by atoms with E-state index in [1.165, 1.54) is 17.3 Å². The Morgan fingerprint density at radius 3 is 2.57 bits per heavy atom. The maximum atomic E-state index is 11.9. The molecule has 0 atom stereocenters. The number of nitrogens with one attached hydrogen (secondary N) is 1. The molecule has 0 bridgehead atoms. The van der Waals surface area contributed by atoms with Crippen molar-refractivity contribution in [2.24, 2.45) is 4.99 Å². The van der Waals surface area contributed by atoms with Crippen LogP contribution in [0.1, 0.15) is 17.1 Å². The average Bonchev–Trinajstić information content (AvgIpc) is 3.00. The van der Waals surface area contributed by atoms with Crippen LogP contribution < -0.4 is 5.32 Å². The highest BCUT2D eigenvalue weighted by Gasteiger charge is 2.24. The van der Waals surface area contributed by atoms with Crippen LogP contribution in [0.15, 0.2) is 50.7 Å². The van der Waals surface area contributed by atoms with E-state index < -0.39 is 0 Å². The summed E-state index contributed by atoms with van der Waals surface area (Å²) in [7, 11) is 0. The first-order valence-corrected chi connectivity index (χ1v) is 7.34. The van der Waals surface area contributed by atoms with Gasteiger partial charge in [0.2, 0.25) is 0 Å². The standard InChI is InChI=1S/C16H14N2O2S/c1-10-3-6-12(7-4-10)17-16-18-15(19)14(21-16)9-13-8-5-11(2)20-13/h3-9H,1-2H3,(H,17,18,19). The SMILES string of the molecule is Cc1ccc(N=C2NC(=O)C(=Cc3ccc(C)o3)S2)cc1. The lowest BCUT2D eigenvalue weighted by molar-refractivity contribution is -0.115. The molecule has 1 amide bonds. The maximum Gasteiger partial charge on any atom is 0.264 e. The van der Waals surface area contributed by atoms with Gasteiger partial charge in [0, 0.05) is 6.08 Å². The highest BCUT2D eigenvalue weighted by atomic mass is 32.2. The van der Waals surface area contributed by atoms with Crippen molar-refractivity contribution >= 4 is 34.6 Å². The van der Waals surface area contributed by atoms with Gasteiger partial charge in [0.05, 0.1) is 10.6 Å². The molecule has 1 aromatic heterocycles. The van der Waals surface area contributed by atoms with E-state index in [0.717, 1.165) is 11.4 Å². The van der Waals surface area contributed by atoms with Gasteiger partial charge < -0.3 is 9.73 Å². The van der Waals surface area contributed by atoms with E-state index in [9.17, 15) is 4.79 Å². The molecule has 2 aromatic rings. The number of hydrogen-bond donors (Lipinski definition) is 1. The summed E-state index contributed by atoms with van der Waals surface area (Å²) < 4.78 is 5.45. The highest BCUT2D eigenvalue weighted by Crippen LogP contribution is 2.28. The molecule has 0 saturated carbocycles. The second-order valence-electron chi connectivity index (χ2n) is 4.77. The molecule has 106 valence electrons. The Morgan fingerprint density at radius 2 is 1.90 bits per heavy atom. The van der Waals surface area contributed by atoms with E-state index in [1.807, 2.05) is 50.2 Å².